The summed E-state index contributed by atoms with van der Waals surface area (Å²) in [5, 5.41) is 0. The summed E-state index contributed by atoms with van der Waals surface area (Å²) >= 11 is 0. The molecule has 0 saturated carbocycles. The number of rotatable bonds is 6. The molecule has 0 aliphatic rings. The van der Waals surface area contributed by atoms with Gasteiger partial charge in [-0.1, -0.05) is 12.1 Å². The lowest BCUT2D eigenvalue weighted by Crippen LogP contribution is -2.30. The zero-order valence-electron chi connectivity index (χ0n) is 11.5. The molecule has 0 aliphatic heterocycles. The Hall–Kier alpha value is -1.55. The van der Waals surface area contributed by atoms with Crippen LogP contribution in [0.5, 0.6) is 0 Å². The number of carbonyl (C=O) groups is 1. The van der Waals surface area contributed by atoms with Crippen LogP contribution in [0.3, 0.4) is 0 Å². The van der Waals surface area contributed by atoms with E-state index in [-0.39, 0.29) is 5.91 Å². The first-order chi connectivity index (χ1) is 8.49. The van der Waals surface area contributed by atoms with E-state index in [1.165, 1.54) is 0 Å². The van der Waals surface area contributed by atoms with E-state index in [1.54, 1.807) is 4.90 Å². The fraction of sp³-hybridized carbons (Fsp3) is 0.500. The summed E-state index contributed by atoms with van der Waals surface area (Å²) in [5.41, 5.74) is 7.35. The van der Waals surface area contributed by atoms with Crippen LogP contribution in [0.25, 0.3) is 0 Å². The topological polar surface area (TPSA) is 49.6 Å². The Kier molecular flexibility index (Phi) is 5.65. The van der Waals surface area contributed by atoms with Gasteiger partial charge in [0.05, 0.1) is 6.42 Å². The van der Waals surface area contributed by atoms with Crippen molar-refractivity contribution in [2.24, 2.45) is 0 Å². The van der Waals surface area contributed by atoms with Crippen molar-refractivity contribution >= 4 is 11.6 Å². The third-order valence-corrected chi connectivity index (χ3v) is 2.86. The molecule has 1 aromatic rings. The molecule has 0 aromatic heterocycles. The number of benzene rings is 1. The van der Waals surface area contributed by atoms with Gasteiger partial charge in [-0.25, -0.2) is 0 Å². The molecule has 1 aromatic carbocycles. The first-order valence-corrected chi connectivity index (χ1v) is 6.22. The number of hydrogen-bond acceptors (Lipinski definition) is 3. The Balaban J connectivity index is 2.37. The molecule has 0 bridgehead atoms. The number of anilines is 1. The highest BCUT2D eigenvalue weighted by Crippen LogP contribution is 2.07. The number of amides is 1. The van der Waals surface area contributed by atoms with Crippen LogP contribution >= 0.6 is 0 Å². The number of hydrogen-bond donors (Lipinski definition) is 1. The summed E-state index contributed by atoms with van der Waals surface area (Å²) in [6.45, 7) is 1.80. The molecule has 1 amide bonds. The normalized spacial score (nSPS) is 10.7. The molecule has 2 N–H and O–H groups in total. The largest absolute Gasteiger partial charge is 0.399 e. The summed E-state index contributed by atoms with van der Waals surface area (Å²) in [7, 11) is 5.93. The lowest BCUT2D eigenvalue weighted by Gasteiger charge is -2.18. The van der Waals surface area contributed by atoms with Gasteiger partial charge in [0.25, 0.3) is 0 Å². The van der Waals surface area contributed by atoms with Crippen LogP contribution in [-0.2, 0) is 11.2 Å². The van der Waals surface area contributed by atoms with E-state index >= 15 is 0 Å². The van der Waals surface area contributed by atoms with Gasteiger partial charge in [-0.05, 0) is 44.8 Å². The van der Waals surface area contributed by atoms with Crippen LogP contribution in [0.1, 0.15) is 12.0 Å². The molecular weight excluding hydrogens is 226 g/mol. The molecule has 0 saturated heterocycles. The van der Waals surface area contributed by atoms with Gasteiger partial charge >= 0.3 is 0 Å². The minimum Gasteiger partial charge on any atom is -0.399 e. The fourth-order valence-electron chi connectivity index (χ4n) is 1.69. The van der Waals surface area contributed by atoms with Gasteiger partial charge in [0.2, 0.25) is 5.91 Å². The average Bonchev–Trinajstić information content (AvgIpc) is 2.31. The molecule has 0 atom stereocenters. The van der Waals surface area contributed by atoms with E-state index in [0.717, 1.165) is 30.8 Å². The molecule has 4 nitrogen and oxygen atoms in total. The van der Waals surface area contributed by atoms with E-state index in [1.807, 2.05) is 45.4 Å². The van der Waals surface area contributed by atoms with Gasteiger partial charge in [0.1, 0.15) is 0 Å². The first-order valence-electron chi connectivity index (χ1n) is 6.22. The predicted octanol–water partition coefficient (Wildman–Crippen LogP) is 1.22. The summed E-state index contributed by atoms with van der Waals surface area (Å²) in [6.07, 6.45) is 1.44. The van der Waals surface area contributed by atoms with Crippen molar-refractivity contribution in [2.45, 2.75) is 12.8 Å². The maximum atomic E-state index is 12.0. The van der Waals surface area contributed by atoms with Crippen LogP contribution in [0.4, 0.5) is 5.69 Å². The number of nitrogens with zero attached hydrogens (tertiary/aromatic N) is 2. The molecule has 100 valence electrons. The smallest absolute Gasteiger partial charge is 0.226 e. The second-order valence-corrected chi connectivity index (χ2v) is 4.89. The summed E-state index contributed by atoms with van der Waals surface area (Å²) < 4.78 is 0. The van der Waals surface area contributed by atoms with Crippen molar-refractivity contribution < 1.29 is 4.79 Å². The molecule has 0 heterocycles. The molecule has 0 unspecified atom stereocenters. The monoisotopic (exact) mass is 249 g/mol. The summed E-state index contributed by atoms with van der Waals surface area (Å²) in [6, 6.07) is 7.46. The zero-order chi connectivity index (χ0) is 13.5. The van der Waals surface area contributed by atoms with Crippen molar-refractivity contribution in [1.82, 2.24) is 9.80 Å². The SMILES string of the molecule is CN(C)CCCN(C)C(=O)Cc1ccc(N)cc1. The number of nitrogen functional groups attached to an aromatic ring is 1. The Labute approximate surface area is 109 Å². The van der Waals surface area contributed by atoms with E-state index in [2.05, 4.69) is 4.90 Å². The number of nitrogens with two attached hydrogens (primary N) is 1. The van der Waals surface area contributed by atoms with Crippen molar-refractivity contribution in [1.29, 1.82) is 0 Å². The third kappa shape index (κ3) is 5.19. The van der Waals surface area contributed by atoms with E-state index in [4.69, 9.17) is 5.73 Å². The minimum atomic E-state index is 0.151. The van der Waals surface area contributed by atoms with Gasteiger partial charge in [-0.2, -0.15) is 0 Å². The highest BCUT2D eigenvalue weighted by molar-refractivity contribution is 5.78. The second-order valence-electron chi connectivity index (χ2n) is 4.89. The standard InChI is InChI=1S/C14H23N3O/c1-16(2)9-4-10-17(3)14(18)11-12-5-7-13(15)8-6-12/h5-8H,4,9-11,15H2,1-3H3. The van der Waals surface area contributed by atoms with E-state index in [9.17, 15) is 4.79 Å². The number of carbonyl (C=O) groups excluding carboxylic acids is 1. The quantitative estimate of drug-likeness (QED) is 0.771. The Morgan fingerprint density at radius 3 is 2.28 bits per heavy atom. The molecule has 0 aliphatic carbocycles. The van der Waals surface area contributed by atoms with Crippen LogP contribution in [0.2, 0.25) is 0 Å². The van der Waals surface area contributed by atoms with Gasteiger partial charge in [0.15, 0.2) is 0 Å². The maximum absolute atomic E-state index is 12.0. The molecular formula is C14H23N3O. The lowest BCUT2D eigenvalue weighted by molar-refractivity contribution is -0.129. The van der Waals surface area contributed by atoms with Gasteiger partial charge in [-0.3, -0.25) is 4.79 Å². The average molecular weight is 249 g/mol. The predicted molar refractivity (Wildman–Crippen MR) is 75.4 cm³/mol. The van der Waals surface area contributed by atoms with Gasteiger partial charge in [0, 0.05) is 19.3 Å². The van der Waals surface area contributed by atoms with Gasteiger partial charge in [-0.15, -0.1) is 0 Å². The molecule has 0 spiro atoms. The van der Waals surface area contributed by atoms with E-state index < -0.39 is 0 Å². The zero-order valence-corrected chi connectivity index (χ0v) is 11.5. The molecule has 0 fully saturated rings. The van der Waals surface area contributed by atoms with Crippen molar-refractivity contribution in [3.8, 4) is 0 Å². The first kappa shape index (κ1) is 14.5. The highest BCUT2D eigenvalue weighted by Gasteiger charge is 2.09. The van der Waals surface area contributed by atoms with Crippen LogP contribution in [-0.4, -0.2) is 49.9 Å². The molecule has 4 heteroatoms. The Morgan fingerprint density at radius 2 is 1.72 bits per heavy atom. The van der Waals surface area contributed by atoms with Crippen molar-refractivity contribution in [3.63, 3.8) is 0 Å². The number of likely N-dealkylation sites (N-methyl/N-ethyl adjacent to an activating group) is 1. The van der Waals surface area contributed by atoms with Crippen LogP contribution in [0, 0.1) is 0 Å². The highest BCUT2D eigenvalue weighted by atomic mass is 16.2. The molecule has 18 heavy (non-hydrogen) atoms. The minimum absolute atomic E-state index is 0.151. The third-order valence-electron chi connectivity index (χ3n) is 2.86. The Morgan fingerprint density at radius 1 is 1.11 bits per heavy atom. The maximum Gasteiger partial charge on any atom is 0.226 e. The molecule has 0 radical (unpaired) electrons. The van der Waals surface area contributed by atoms with E-state index in [0.29, 0.717) is 6.42 Å². The second kappa shape index (κ2) is 7.01. The van der Waals surface area contributed by atoms with Crippen LogP contribution < -0.4 is 5.73 Å². The lowest BCUT2D eigenvalue weighted by atomic mass is 10.1. The molecule has 1 rings (SSSR count). The summed E-state index contributed by atoms with van der Waals surface area (Å²) in [5.74, 6) is 0.151. The summed E-state index contributed by atoms with van der Waals surface area (Å²) in [4.78, 5) is 15.9. The van der Waals surface area contributed by atoms with Gasteiger partial charge < -0.3 is 15.5 Å². The fourth-order valence-corrected chi connectivity index (χ4v) is 1.69. The van der Waals surface area contributed by atoms with Crippen LogP contribution in [0.15, 0.2) is 24.3 Å². The van der Waals surface area contributed by atoms with Crippen molar-refractivity contribution in [3.05, 3.63) is 29.8 Å². The van der Waals surface area contributed by atoms with Crippen molar-refractivity contribution in [2.75, 3.05) is 40.0 Å². The Bertz CT molecular complexity index is 373.